The number of carbonyl (C=O) groups is 2. The lowest BCUT2D eigenvalue weighted by molar-refractivity contribution is -0.121. The molecule has 160 valence electrons. The Morgan fingerprint density at radius 1 is 1.00 bits per heavy atom. The Kier molecular flexibility index (Phi) is 7.11. The molecule has 30 heavy (non-hydrogen) atoms. The number of hydrogen-bond donors (Lipinski definition) is 2. The molecule has 1 saturated heterocycles. The molecule has 3 atom stereocenters. The van der Waals surface area contributed by atoms with E-state index in [0.29, 0.717) is 34.5 Å². The first kappa shape index (κ1) is 21.8. The van der Waals surface area contributed by atoms with Crippen molar-refractivity contribution in [1.29, 1.82) is 0 Å². The Labute approximate surface area is 178 Å². The van der Waals surface area contributed by atoms with Gasteiger partial charge in [-0.05, 0) is 61.6 Å². The molecule has 0 bridgehead atoms. The number of benzene rings is 2. The van der Waals surface area contributed by atoms with E-state index in [-0.39, 0.29) is 17.9 Å². The van der Waals surface area contributed by atoms with Crippen LogP contribution in [0.4, 0.5) is 11.4 Å². The predicted molar refractivity (Wildman–Crippen MR) is 120 cm³/mol. The number of anilines is 2. The SMILES string of the molecule is COc1ccccc1NC(=O)c1ccc(NC(=O)[C@@H](C)N2C[C@H](C)C[C@H](C)C2)cc1. The fourth-order valence-corrected chi connectivity index (χ4v) is 4.09. The van der Waals surface area contributed by atoms with Gasteiger partial charge in [-0.2, -0.15) is 0 Å². The summed E-state index contributed by atoms with van der Waals surface area (Å²) in [6.07, 6.45) is 1.21. The molecule has 0 aliphatic carbocycles. The first-order valence-electron chi connectivity index (χ1n) is 10.5. The topological polar surface area (TPSA) is 70.7 Å². The van der Waals surface area contributed by atoms with Gasteiger partial charge in [-0.1, -0.05) is 26.0 Å². The van der Waals surface area contributed by atoms with Crippen LogP contribution in [0.15, 0.2) is 48.5 Å². The van der Waals surface area contributed by atoms with Crippen LogP contribution < -0.4 is 15.4 Å². The molecule has 1 fully saturated rings. The highest BCUT2D eigenvalue weighted by Crippen LogP contribution is 2.25. The highest BCUT2D eigenvalue weighted by atomic mass is 16.5. The molecule has 6 heteroatoms. The van der Waals surface area contributed by atoms with Crippen molar-refractivity contribution in [2.75, 3.05) is 30.8 Å². The minimum Gasteiger partial charge on any atom is -0.495 e. The Morgan fingerprint density at radius 3 is 2.27 bits per heavy atom. The highest BCUT2D eigenvalue weighted by molar-refractivity contribution is 6.05. The Hall–Kier alpha value is -2.86. The van der Waals surface area contributed by atoms with E-state index in [1.54, 1.807) is 43.5 Å². The van der Waals surface area contributed by atoms with Crippen molar-refractivity contribution in [1.82, 2.24) is 4.90 Å². The monoisotopic (exact) mass is 409 g/mol. The second-order valence-electron chi connectivity index (χ2n) is 8.30. The van der Waals surface area contributed by atoms with Gasteiger partial charge < -0.3 is 15.4 Å². The number of nitrogens with one attached hydrogen (secondary N) is 2. The first-order chi connectivity index (χ1) is 14.4. The van der Waals surface area contributed by atoms with Crippen LogP contribution in [-0.4, -0.2) is 43.0 Å². The number of hydrogen-bond acceptors (Lipinski definition) is 4. The van der Waals surface area contributed by atoms with E-state index in [9.17, 15) is 9.59 Å². The van der Waals surface area contributed by atoms with Crippen molar-refractivity contribution < 1.29 is 14.3 Å². The molecule has 1 heterocycles. The number of methoxy groups -OCH3 is 1. The minimum atomic E-state index is -0.234. The summed E-state index contributed by atoms with van der Waals surface area (Å²) in [5, 5.41) is 5.82. The lowest BCUT2D eigenvalue weighted by Gasteiger charge is -2.38. The highest BCUT2D eigenvalue weighted by Gasteiger charge is 2.28. The molecule has 0 aromatic heterocycles. The molecule has 6 nitrogen and oxygen atoms in total. The average molecular weight is 410 g/mol. The molecule has 0 radical (unpaired) electrons. The molecule has 0 unspecified atom stereocenters. The van der Waals surface area contributed by atoms with E-state index < -0.39 is 0 Å². The number of para-hydroxylation sites is 2. The third kappa shape index (κ3) is 5.39. The van der Waals surface area contributed by atoms with Gasteiger partial charge in [0.15, 0.2) is 0 Å². The largest absolute Gasteiger partial charge is 0.495 e. The summed E-state index contributed by atoms with van der Waals surface area (Å²) in [5.74, 6) is 1.55. The van der Waals surface area contributed by atoms with E-state index >= 15 is 0 Å². The maximum Gasteiger partial charge on any atom is 0.255 e. The lowest BCUT2D eigenvalue weighted by atomic mass is 9.91. The predicted octanol–water partition coefficient (Wildman–Crippen LogP) is 4.25. The lowest BCUT2D eigenvalue weighted by Crippen LogP contribution is -2.48. The summed E-state index contributed by atoms with van der Waals surface area (Å²) in [6.45, 7) is 8.32. The number of likely N-dealkylation sites (tertiary alicyclic amines) is 1. The summed E-state index contributed by atoms with van der Waals surface area (Å²) in [6, 6.07) is 14.0. The summed E-state index contributed by atoms with van der Waals surface area (Å²) in [7, 11) is 1.56. The van der Waals surface area contributed by atoms with Crippen LogP contribution in [0.1, 0.15) is 37.6 Å². The van der Waals surface area contributed by atoms with Gasteiger partial charge in [0, 0.05) is 24.3 Å². The van der Waals surface area contributed by atoms with Crippen LogP contribution in [0.3, 0.4) is 0 Å². The normalized spacial score (nSPS) is 20.3. The standard InChI is InChI=1S/C24H31N3O3/c1-16-13-17(2)15-27(14-16)18(3)23(28)25-20-11-9-19(10-12-20)24(29)26-21-7-5-6-8-22(21)30-4/h5-12,16-18H,13-15H2,1-4H3,(H,25,28)(H,26,29)/t16-,17+,18-/m1/s1. The molecule has 2 amide bonds. The minimum absolute atomic E-state index is 0.0254. The average Bonchev–Trinajstić information content (AvgIpc) is 2.73. The van der Waals surface area contributed by atoms with Gasteiger partial charge in [-0.15, -0.1) is 0 Å². The van der Waals surface area contributed by atoms with Crippen molar-refractivity contribution in [3.63, 3.8) is 0 Å². The van der Waals surface area contributed by atoms with Crippen molar-refractivity contribution in [2.45, 2.75) is 33.2 Å². The van der Waals surface area contributed by atoms with E-state index in [0.717, 1.165) is 13.1 Å². The van der Waals surface area contributed by atoms with E-state index in [1.165, 1.54) is 6.42 Å². The van der Waals surface area contributed by atoms with Gasteiger partial charge in [0.1, 0.15) is 5.75 Å². The molecule has 2 N–H and O–H groups in total. The van der Waals surface area contributed by atoms with E-state index in [2.05, 4.69) is 29.4 Å². The van der Waals surface area contributed by atoms with Crippen LogP contribution in [-0.2, 0) is 4.79 Å². The number of piperidine rings is 1. The van der Waals surface area contributed by atoms with Gasteiger partial charge in [0.05, 0.1) is 18.8 Å². The van der Waals surface area contributed by atoms with E-state index in [4.69, 9.17) is 4.74 Å². The zero-order valence-corrected chi connectivity index (χ0v) is 18.1. The number of amides is 2. The Bertz CT molecular complexity index is 872. The Balaban J connectivity index is 1.60. The zero-order chi connectivity index (χ0) is 21.7. The smallest absolute Gasteiger partial charge is 0.255 e. The molecule has 0 spiro atoms. The number of carbonyl (C=O) groups excluding carboxylic acids is 2. The maximum atomic E-state index is 12.7. The van der Waals surface area contributed by atoms with Crippen molar-refractivity contribution in [3.05, 3.63) is 54.1 Å². The Morgan fingerprint density at radius 2 is 1.63 bits per heavy atom. The molecule has 1 aliphatic rings. The molecule has 2 aromatic carbocycles. The second-order valence-corrected chi connectivity index (χ2v) is 8.30. The van der Waals surface area contributed by atoms with Crippen LogP contribution in [0, 0.1) is 11.8 Å². The molecule has 0 saturated carbocycles. The van der Waals surface area contributed by atoms with Crippen LogP contribution in [0.5, 0.6) is 5.75 Å². The summed E-state index contributed by atoms with van der Waals surface area (Å²) in [4.78, 5) is 27.5. The molecular weight excluding hydrogens is 378 g/mol. The summed E-state index contributed by atoms with van der Waals surface area (Å²) >= 11 is 0. The molecule has 3 rings (SSSR count). The molecule has 1 aliphatic heterocycles. The first-order valence-corrected chi connectivity index (χ1v) is 10.5. The van der Waals surface area contributed by atoms with Crippen LogP contribution in [0.2, 0.25) is 0 Å². The van der Waals surface area contributed by atoms with Crippen molar-refractivity contribution in [2.24, 2.45) is 11.8 Å². The van der Waals surface area contributed by atoms with Gasteiger partial charge in [-0.3, -0.25) is 14.5 Å². The van der Waals surface area contributed by atoms with Gasteiger partial charge in [0.25, 0.3) is 5.91 Å². The molecule has 2 aromatic rings. The van der Waals surface area contributed by atoms with Crippen LogP contribution in [0.25, 0.3) is 0 Å². The second kappa shape index (κ2) is 9.76. The number of nitrogens with zero attached hydrogens (tertiary/aromatic N) is 1. The quantitative estimate of drug-likeness (QED) is 0.748. The van der Waals surface area contributed by atoms with Crippen LogP contribution >= 0.6 is 0 Å². The van der Waals surface area contributed by atoms with Crippen molar-refractivity contribution >= 4 is 23.2 Å². The fourth-order valence-electron chi connectivity index (χ4n) is 4.09. The molecular formula is C24H31N3O3. The third-order valence-electron chi connectivity index (χ3n) is 5.59. The van der Waals surface area contributed by atoms with Gasteiger partial charge in [-0.25, -0.2) is 0 Å². The summed E-state index contributed by atoms with van der Waals surface area (Å²) < 4.78 is 5.26. The van der Waals surface area contributed by atoms with E-state index in [1.807, 2.05) is 19.1 Å². The van der Waals surface area contributed by atoms with Crippen molar-refractivity contribution in [3.8, 4) is 5.75 Å². The summed E-state index contributed by atoms with van der Waals surface area (Å²) in [5.41, 5.74) is 1.80. The van der Waals surface area contributed by atoms with Gasteiger partial charge in [0.2, 0.25) is 5.91 Å². The fraction of sp³-hybridized carbons (Fsp3) is 0.417. The van der Waals surface area contributed by atoms with Gasteiger partial charge >= 0.3 is 0 Å². The zero-order valence-electron chi connectivity index (χ0n) is 18.1. The number of rotatable bonds is 6. The maximum absolute atomic E-state index is 12.7. The third-order valence-corrected chi connectivity index (χ3v) is 5.59. The number of ether oxygens (including phenoxy) is 1.